The van der Waals surface area contributed by atoms with E-state index in [4.69, 9.17) is 0 Å². The molecule has 112 valence electrons. The number of hydrazone groups is 1. The number of hydrogen-bond acceptors (Lipinski definition) is 5. The number of fused-ring (bicyclic) bond motifs is 1. The molecule has 0 saturated heterocycles. The Kier molecular flexibility index (Phi) is 3.80. The van der Waals surface area contributed by atoms with Gasteiger partial charge in [-0.1, -0.05) is 12.1 Å². The minimum absolute atomic E-state index is 0.0609. The van der Waals surface area contributed by atoms with Crippen molar-refractivity contribution in [3.05, 3.63) is 70.5 Å². The van der Waals surface area contributed by atoms with Crippen LogP contribution in [0.4, 0.5) is 10.1 Å². The molecule has 7 heteroatoms. The third-order valence-corrected chi connectivity index (χ3v) is 3.08. The first kappa shape index (κ1) is 14.4. The molecule has 3 aromatic rings. The number of H-pyrrole nitrogens is 1. The Balaban J connectivity index is 1.97. The van der Waals surface area contributed by atoms with Gasteiger partial charge in [0.25, 0.3) is 5.56 Å². The van der Waals surface area contributed by atoms with E-state index in [9.17, 15) is 14.4 Å². The number of aromatic amines is 1. The van der Waals surface area contributed by atoms with E-state index in [1.807, 2.05) is 6.07 Å². The Morgan fingerprint density at radius 1 is 1.22 bits per heavy atom. The standard InChI is InChI=1S/C16H10FN5O/c17-10-5-7-11(8-6-10)21-22-14(9-18)15-19-13-4-2-1-3-12(13)16(23)20-15/h1-8,21H,(H,19,20,23)/b22-14-. The van der Waals surface area contributed by atoms with Gasteiger partial charge >= 0.3 is 0 Å². The van der Waals surface area contributed by atoms with Crippen molar-refractivity contribution in [1.29, 1.82) is 5.26 Å². The number of nitrogens with one attached hydrogen (secondary N) is 2. The highest BCUT2D eigenvalue weighted by Gasteiger charge is 2.09. The summed E-state index contributed by atoms with van der Waals surface area (Å²) < 4.78 is 12.8. The van der Waals surface area contributed by atoms with E-state index < -0.39 is 0 Å². The van der Waals surface area contributed by atoms with Crippen molar-refractivity contribution in [3.8, 4) is 6.07 Å². The minimum Gasteiger partial charge on any atom is -0.304 e. The largest absolute Gasteiger partial charge is 0.304 e. The molecule has 2 N–H and O–H groups in total. The van der Waals surface area contributed by atoms with Crippen LogP contribution in [0.25, 0.3) is 10.9 Å². The van der Waals surface area contributed by atoms with Crippen LogP contribution in [0.5, 0.6) is 0 Å². The van der Waals surface area contributed by atoms with E-state index in [-0.39, 0.29) is 22.9 Å². The van der Waals surface area contributed by atoms with Gasteiger partial charge in [-0.2, -0.15) is 10.4 Å². The topological polar surface area (TPSA) is 93.9 Å². The van der Waals surface area contributed by atoms with E-state index in [1.54, 1.807) is 24.3 Å². The molecule has 0 radical (unpaired) electrons. The number of aromatic nitrogens is 2. The van der Waals surface area contributed by atoms with Crippen molar-refractivity contribution in [2.45, 2.75) is 0 Å². The molecule has 1 aromatic heterocycles. The van der Waals surface area contributed by atoms with Gasteiger partial charge in [0.2, 0.25) is 5.71 Å². The van der Waals surface area contributed by atoms with Crippen LogP contribution in [0, 0.1) is 17.1 Å². The normalized spacial score (nSPS) is 11.2. The molecule has 0 spiro atoms. The Morgan fingerprint density at radius 2 is 1.96 bits per heavy atom. The lowest BCUT2D eigenvalue weighted by Gasteiger charge is -2.03. The smallest absolute Gasteiger partial charge is 0.259 e. The van der Waals surface area contributed by atoms with Crippen LogP contribution in [-0.4, -0.2) is 15.7 Å². The molecule has 0 saturated carbocycles. The maximum Gasteiger partial charge on any atom is 0.259 e. The summed E-state index contributed by atoms with van der Waals surface area (Å²) in [6.45, 7) is 0. The fourth-order valence-electron chi connectivity index (χ4n) is 1.97. The molecule has 0 aliphatic rings. The Bertz CT molecular complexity index is 986. The number of rotatable bonds is 3. The van der Waals surface area contributed by atoms with E-state index in [2.05, 4.69) is 20.5 Å². The third kappa shape index (κ3) is 3.06. The van der Waals surface area contributed by atoms with E-state index in [0.717, 1.165) is 0 Å². The number of nitrogens with zero attached hydrogens (tertiary/aromatic N) is 3. The highest BCUT2D eigenvalue weighted by atomic mass is 19.1. The predicted octanol–water partition coefficient (Wildman–Crippen LogP) is 2.40. The fourth-order valence-corrected chi connectivity index (χ4v) is 1.97. The molecule has 23 heavy (non-hydrogen) atoms. The van der Waals surface area contributed by atoms with Crippen LogP contribution in [0.1, 0.15) is 5.82 Å². The molecule has 0 aliphatic heterocycles. The summed E-state index contributed by atoms with van der Waals surface area (Å²) in [4.78, 5) is 18.8. The molecular weight excluding hydrogens is 297 g/mol. The lowest BCUT2D eigenvalue weighted by atomic mass is 10.2. The molecule has 0 fully saturated rings. The Hall–Kier alpha value is -3.53. The van der Waals surface area contributed by atoms with Gasteiger partial charge in [0.15, 0.2) is 5.82 Å². The number of para-hydroxylation sites is 1. The van der Waals surface area contributed by atoms with Crippen LogP contribution < -0.4 is 11.0 Å². The van der Waals surface area contributed by atoms with Crippen molar-refractivity contribution in [2.75, 3.05) is 5.43 Å². The SMILES string of the molecule is N#C/C(=N/Nc1ccc(F)cc1)c1nc2ccccc2c(=O)[nH]1. The number of halogens is 1. The minimum atomic E-state index is -0.374. The zero-order valence-corrected chi connectivity index (χ0v) is 11.7. The van der Waals surface area contributed by atoms with Gasteiger partial charge in [-0.25, -0.2) is 9.37 Å². The summed E-state index contributed by atoms with van der Waals surface area (Å²) in [6.07, 6.45) is 0. The summed E-state index contributed by atoms with van der Waals surface area (Å²) in [5.74, 6) is -0.314. The second kappa shape index (κ2) is 6.07. The highest BCUT2D eigenvalue weighted by Crippen LogP contribution is 2.09. The van der Waals surface area contributed by atoms with Gasteiger partial charge in [0, 0.05) is 0 Å². The van der Waals surface area contributed by atoms with Crippen molar-refractivity contribution in [1.82, 2.24) is 9.97 Å². The molecule has 0 atom stereocenters. The van der Waals surface area contributed by atoms with Gasteiger partial charge < -0.3 is 4.98 Å². The predicted molar refractivity (Wildman–Crippen MR) is 84.5 cm³/mol. The van der Waals surface area contributed by atoms with Crippen molar-refractivity contribution in [2.24, 2.45) is 5.10 Å². The number of nitriles is 1. The molecule has 1 heterocycles. The summed E-state index contributed by atoms with van der Waals surface area (Å²) >= 11 is 0. The first-order valence-corrected chi connectivity index (χ1v) is 6.66. The van der Waals surface area contributed by atoms with Crippen LogP contribution >= 0.6 is 0 Å². The summed E-state index contributed by atoms with van der Waals surface area (Å²) in [6, 6.07) is 14.2. The van der Waals surface area contributed by atoms with Gasteiger partial charge in [0.1, 0.15) is 11.9 Å². The molecular formula is C16H10FN5O. The molecule has 0 amide bonds. The summed E-state index contributed by atoms with van der Waals surface area (Å²) in [5.41, 5.74) is 3.16. The Morgan fingerprint density at radius 3 is 2.70 bits per heavy atom. The first-order valence-electron chi connectivity index (χ1n) is 6.66. The zero-order chi connectivity index (χ0) is 16.2. The van der Waals surface area contributed by atoms with Crippen LogP contribution in [0.3, 0.4) is 0 Å². The van der Waals surface area contributed by atoms with Gasteiger partial charge in [-0.3, -0.25) is 10.2 Å². The summed E-state index contributed by atoms with van der Waals surface area (Å²) in [5, 5.41) is 13.6. The van der Waals surface area contributed by atoms with E-state index >= 15 is 0 Å². The van der Waals surface area contributed by atoms with Crippen molar-refractivity contribution < 1.29 is 4.39 Å². The van der Waals surface area contributed by atoms with Crippen LogP contribution in [-0.2, 0) is 0 Å². The lowest BCUT2D eigenvalue weighted by Crippen LogP contribution is -2.16. The molecule has 3 rings (SSSR count). The molecule has 2 aromatic carbocycles. The fraction of sp³-hybridized carbons (Fsp3) is 0. The Labute approximate surface area is 129 Å². The highest BCUT2D eigenvalue weighted by molar-refractivity contribution is 6.10. The average Bonchev–Trinajstić information content (AvgIpc) is 2.57. The van der Waals surface area contributed by atoms with Gasteiger partial charge in [-0.05, 0) is 36.4 Å². The molecule has 0 bridgehead atoms. The van der Waals surface area contributed by atoms with Crippen molar-refractivity contribution in [3.63, 3.8) is 0 Å². The number of anilines is 1. The average molecular weight is 307 g/mol. The molecule has 6 nitrogen and oxygen atoms in total. The van der Waals surface area contributed by atoms with Gasteiger partial charge in [0.05, 0.1) is 16.6 Å². The molecule has 0 unspecified atom stereocenters. The first-order chi connectivity index (χ1) is 11.2. The third-order valence-electron chi connectivity index (χ3n) is 3.08. The maximum absolute atomic E-state index is 12.8. The second-order valence-corrected chi connectivity index (χ2v) is 4.62. The van der Waals surface area contributed by atoms with Gasteiger partial charge in [-0.15, -0.1) is 0 Å². The summed E-state index contributed by atoms with van der Waals surface area (Å²) in [7, 11) is 0. The maximum atomic E-state index is 12.8. The number of benzene rings is 2. The van der Waals surface area contributed by atoms with E-state index in [0.29, 0.717) is 16.6 Å². The molecule has 0 aliphatic carbocycles. The van der Waals surface area contributed by atoms with Crippen LogP contribution in [0.2, 0.25) is 0 Å². The zero-order valence-electron chi connectivity index (χ0n) is 11.7. The number of hydrogen-bond donors (Lipinski definition) is 2. The second-order valence-electron chi connectivity index (χ2n) is 4.62. The van der Waals surface area contributed by atoms with E-state index in [1.165, 1.54) is 24.3 Å². The quantitative estimate of drug-likeness (QED) is 0.574. The van der Waals surface area contributed by atoms with Crippen molar-refractivity contribution >= 4 is 22.3 Å². The van der Waals surface area contributed by atoms with Crippen LogP contribution in [0.15, 0.2) is 58.4 Å². The lowest BCUT2D eigenvalue weighted by molar-refractivity contribution is 0.628. The monoisotopic (exact) mass is 307 g/mol.